The maximum atomic E-state index is 12.9. The van der Waals surface area contributed by atoms with E-state index in [0.717, 1.165) is 43.5 Å². The highest BCUT2D eigenvalue weighted by Crippen LogP contribution is 2.54. The summed E-state index contributed by atoms with van der Waals surface area (Å²) >= 11 is 0. The Morgan fingerprint density at radius 1 is 0.966 bits per heavy atom. The predicted octanol–water partition coefficient (Wildman–Crippen LogP) is 2.95. The van der Waals surface area contributed by atoms with Crippen LogP contribution in [0, 0.1) is 5.41 Å². The summed E-state index contributed by atoms with van der Waals surface area (Å²) < 4.78 is 5.41. The highest BCUT2D eigenvalue weighted by Gasteiger charge is 2.44. The topological polar surface area (TPSA) is 70.6 Å². The Morgan fingerprint density at radius 3 is 2.52 bits per heavy atom. The zero-order valence-electron chi connectivity index (χ0n) is 16.6. The van der Waals surface area contributed by atoms with Gasteiger partial charge in [-0.05, 0) is 55.4 Å². The quantitative estimate of drug-likeness (QED) is 0.861. The first kappa shape index (κ1) is 18.4. The fourth-order valence-electron chi connectivity index (χ4n) is 4.32. The van der Waals surface area contributed by atoms with Crippen LogP contribution in [-0.4, -0.2) is 55.3 Å². The van der Waals surface area contributed by atoms with Gasteiger partial charge in [0, 0.05) is 32.4 Å². The van der Waals surface area contributed by atoms with Crippen molar-refractivity contribution in [3.8, 4) is 0 Å². The van der Waals surface area contributed by atoms with Crippen molar-refractivity contribution < 1.29 is 9.53 Å². The average Bonchev–Trinajstić information content (AvgIpc) is 3.54. The van der Waals surface area contributed by atoms with E-state index in [2.05, 4.69) is 25.1 Å². The van der Waals surface area contributed by atoms with E-state index in [1.165, 1.54) is 25.7 Å². The van der Waals surface area contributed by atoms with Crippen molar-refractivity contribution in [3.05, 3.63) is 42.2 Å². The van der Waals surface area contributed by atoms with Crippen LogP contribution in [0.2, 0.25) is 0 Å². The van der Waals surface area contributed by atoms with Crippen molar-refractivity contribution >= 4 is 23.2 Å². The van der Waals surface area contributed by atoms with E-state index in [1.807, 2.05) is 24.3 Å². The van der Waals surface area contributed by atoms with Gasteiger partial charge in [0.25, 0.3) is 5.91 Å². The van der Waals surface area contributed by atoms with Crippen molar-refractivity contribution in [2.24, 2.45) is 5.41 Å². The standard InChI is InChI=1S/C22H27N5O2/c28-21(18-3-1-5-19(24-18)26-13-15-29-16-14-26)25-17-4-2-10-23-20(17)27-11-8-22(6-7-22)9-12-27/h1-5,10H,6-9,11-16H2,(H,25,28). The lowest BCUT2D eigenvalue weighted by atomic mass is 9.94. The molecule has 3 fully saturated rings. The minimum atomic E-state index is -0.204. The van der Waals surface area contributed by atoms with Crippen molar-refractivity contribution in [1.29, 1.82) is 0 Å². The number of pyridine rings is 2. The van der Waals surface area contributed by atoms with E-state index < -0.39 is 0 Å². The van der Waals surface area contributed by atoms with Crippen LogP contribution in [0.25, 0.3) is 0 Å². The Morgan fingerprint density at radius 2 is 1.76 bits per heavy atom. The maximum Gasteiger partial charge on any atom is 0.274 e. The van der Waals surface area contributed by atoms with E-state index in [1.54, 1.807) is 12.3 Å². The lowest BCUT2D eigenvalue weighted by molar-refractivity contribution is 0.102. The van der Waals surface area contributed by atoms with Crippen LogP contribution in [-0.2, 0) is 4.74 Å². The summed E-state index contributed by atoms with van der Waals surface area (Å²) in [4.78, 5) is 26.5. The third-order valence-electron chi connectivity index (χ3n) is 6.42. The highest BCUT2D eigenvalue weighted by atomic mass is 16.5. The summed E-state index contributed by atoms with van der Waals surface area (Å²) in [6.45, 7) is 4.97. The van der Waals surface area contributed by atoms with Gasteiger partial charge in [-0.25, -0.2) is 9.97 Å². The van der Waals surface area contributed by atoms with Crippen molar-refractivity contribution in [3.63, 3.8) is 0 Å². The van der Waals surface area contributed by atoms with Crippen molar-refractivity contribution in [2.75, 3.05) is 54.5 Å². The molecule has 152 valence electrons. The van der Waals surface area contributed by atoms with Crippen LogP contribution in [0.1, 0.15) is 36.2 Å². The van der Waals surface area contributed by atoms with Gasteiger partial charge in [0.15, 0.2) is 5.82 Å². The van der Waals surface area contributed by atoms with Gasteiger partial charge in [-0.3, -0.25) is 4.79 Å². The third-order valence-corrected chi connectivity index (χ3v) is 6.42. The van der Waals surface area contributed by atoms with E-state index in [0.29, 0.717) is 24.3 Å². The lowest BCUT2D eigenvalue weighted by Crippen LogP contribution is -2.37. The predicted molar refractivity (Wildman–Crippen MR) is 113 cm³/mol. The zero-order valence-corrected chi connectivity index (χ0v) is 16.6. The minimum Gasteiger partial charge on any atom is -0.378 e. The summed E-state index contributed by atoms with van der Waals surface area (Å²) in [5, 5.41) is 3.04. The number of hydrogen-bond acceptors (Lipinski definition) is 6. The van der Waals surface area contributed by atoms with Gasteiger partial charge in [-0.15, -0.1) is 0 Å². The number of nitrogens with zero attached hydrogens (tertiary/aromatic N) is 4. The van der Waals surface area contributed by atoms with Crippen LogP contribution in [0.5, 0.6) is 0 Å². The fraction of sp³-hybridized carbons (Fsp3) is 0.500. The Bertz CT molecular complexity index is 882. The van der Waals surface area contributed by atoms with E-state index in [4.69, 9.17) is 4.74 Å². The van der Waals surface area contributed by atoms with Gasteiger partial charge in [0.05, 0.1) is 18.9 Å². The summed E-state index contributed by atoms with van der Waals surface area (Å²) in [5.74, 6) is 1.48. The van der Waals surface area contributed by atoms with Crippen LogP contribution in [0.4, 0.5) is 17.3 Å². The molecule has 2 aliphatic heterocycles. The molecule has 1 saturated carbocycles. The SMILES string of the molecule is O=C(Nc1cccnc1N1CCC2(CC1)CC2)c1cccc(N2CCOCC2)n1. The second kappa shape index (κ2) is 7.63. The number of rotatable bonds is 4. The number of anilines is 3. The van der Waals surface area contributed by atoms with Crippen LogP contribution in [0.15, 0.2) is 36.5 Å². The monoisotopic (exact) mass is 393 g/mol. The first-order valence-electron chi connectivity index (χ1n) is 10.5. The van der Waals surface area contributed by atoms with Crippen molar-refractivity contribution in [1.82, 2.24) is 9.97 Å². The third kappa shape index (κ3) is 3.92. The number of aromatic nitrogens is 2. The van der Waals surface area contributed by atoms with Gasteiger partial charge in [-0.2, -0.15) is 0 Å². The molecule has 0 atom stereocenters. The van der Waals surface area contributed by atoms with Crippen LogP contribution >= 0.6 is 0 Å². The molecule has 1 aliphatic carbocycles. The fourth-order valence-corrected chi connectivity index (χ4v) is 4.32. The van der Waals surface area contributed by atoms with Gasteiger partial charge in [-0.1, -0.05) is 6.07 Å². The van der Waals surface area contributed by atoms with Crippen LogP contribution in [0.3, 0.4) is 0 Å². The molecule has 1 N–H and O–H groups in total. The lowest BCUT2D eigenvalue weighted by Gasteiger charge is -2.34. The molecule has 4 heterocycles. The molecular formula is C22H27N5O2. The second-order valence-corrected chi connectivity index (χ2v) is 8.30. The molecule has 0 aromatic carbocycles. The Hall–Kier alpha value is -2.67. The van der Waals surface area contributed by atoms with Gasteiger partial charge >= 0.3 is 0 Å². The molecule has 3 aliphatic rings. The molecule has 1 spiro atoms. The van der Waals surface area contributed by atoms with Crippen molar-refractivity contribution in [2.45, 2.75) is 25.7 Å². The Kier molecular flexibility index (Phi) is 4.83. The molecule has 0 radical (unpaired) electrons. The molecule has 2 saturated heterocycles. The van der Waals surface area contributed by atoms with Gasteiger partial charge in [0.1, 0.15) is 11.5 Å². The molecule has 29 heavy (non-hydrogen) atoms. The van der Waals surface area contributed by atoms with Crippen LogP contribution < -0.4 is 15.1 Å². The number of nitrogens with one attached hydrogen (secondary N) is 1. The first-order valence-corrected chi connectivity index (χ1v) is 10.5. The van der Waals surface area contributed by atoms with E-state index in [9.17, 15) is 4.79 Å². The van der Waals surface area contributed by atoms with Gasteiger partial charge < -0.3 is 19.9 Å². The molecule has 0 bridgehead atoms. The molecule has 0 unspecified atom stereocenters. The number of carbonyl (C=O) groups excluding carboxylic acids is 1. The molecule has 2 aromatic heterocycles. The van der Waals surface area contributed by atoms with Gasteiger partial charge in [0.2, 0.25) is 0 Å². The smallest absolute Gasteiger partial charge is 0.274 e. The molecule has 7 heteroatoms. The Labute approximate surface area is 171 Å². The zero-order chi connectivity index (χ0) is 19.7. The second-order valence-electron chi connectivity index (χ2n) is 8.30. The largest absolute Gasteiger partial charge is 0.378 e. The normalized spacial score (nSPS) is 20.6. The molecular weight excluding hydrogens is 366 g/mol. The number of ether oxygens (including phenoxy) is 1. The number of hydrogen-bond donors (Lipinski definition) is 1. The Balaban J connectivity index is 1.31. The minimum absolute atomic E-state index is 0.204. The molecule has 2 aromatic rings. The van der Waals surface area contributed by atoms with E-state index in [-0.39, 0.29) is 5.91 Å². The summed E-state index contributed by atoms with van der Waals surface area (Å²) in [5.41, 5.74) is 1.78. The number of carbonyl (C=O) groups is 1. The summed E-state index contributed by atoms with van der Waals surface area (Å²) in [6.07, 6.45) is 6.99. The molecule has 1 amide bonds. The number of piperidine rings is 1. The number of amides is 1. The molecule has 5 rings (SSSR count). The van der Waals surface area contributed by atoms with E-state index >= 15 is 0 Å². The molecule has 7 nitrogen and oxygen atoms in total. The maximum absolute atomic E-state index is 12.9. The number of morpholine rings is 1. The average molecular weight is 393 g/mol. The first-order chi connectivity index (χ1) is 14.2. The summed E-state index contributed by atoms with van der Waals surface area (Å²) in [6, 6.07) is 9.37. The summed E-state index contributed by atoms with van der Waals surface area (Å²) in [7, 11) is 0. The highest BCUT2D eigenvalue weighted by molar-refractivity contribution is 6.04.